The summed E-state index contributed by atoms with van der Waals surface area (Å²) in [6.45, 7) is 23.4. The second-order valence-electron chi connectivity index (χ2n) is 24.0. The molecule has 0 radical (unpaired) electrons. The molecule has 0 saturated heterocycles. The molecule has 0 atom stereocenters. The van der Waals surface area contributed by atoms with Gasteiger partial charge in [0.25, 0.3) is 0 Å². The molecule has 0 saturated carbocycles. The van der Waals surface area contributed by atoms with E-state index in [1.54, 1.807) is 0 Å². The number of para-hydroxylation sites is 12. The van der Waals surface area contributed by atoms with Gasteiger partial charge in [0.2, 0.25) is 0 Å². The molecule has 6 aromatic carbocycles. The van der Waals surface area contributed by atoms with E-state index >= 15 is 0 Å². The topological polar surface area (TPSA) is 285 Å². The molecule has 566 valence electrons. The molecule has 0 amide bonds. The van der Waals surface area contributed by atoms with E-state index < -0.39 is 46.9 Å². The van der Waals surface area contributed by atoms with Crippen LogP contribution in [0, 0.1) is 41.7 Å². The van der Waals surface area contributed by atoms with E-state index in [1.807, 2.05) is 0 Å². The first kappa shape index (κ1) is 84.8. The van der Waals surface area contributed by atoms with E-state index in [-0.39, 0.29) is 41.7 Å². The molecule has 23 nitrogen and oxygen atoms in total. The van der Waals surface area contributed by atoms with Crippen LogP contribution in [0.3, 0.4) is 0 Å². The summed E-state index contributed by atoms with van der Waals surface area (Å²) >= 11 is 0. The number of imidazole rings is 6. The molecule has 0 bridgehead atoms. The van der Waals surface area contributed by atoms with Crippen molar-refractivity contribution in [3.63, 3.8) is 0 Å². The van der Waals surface area contributed by atoms with Crippen LogP contribution in [-0.2, 0) is 109 Å². The minimum Gasteiger partial charge on any atom is -0.741 e. The molecule has 6 aromatic heterocycles. The van der Waals surface area contributed by atoms with Gasteiger partial charge < -0.3 is 41.1 Å². The fourth-order valence-electron chi connectivity index (χ4n) is 11.9. The van der Waals surface area contributed by atoms with Crippen molar-refractivity contribution in [3.05, 3.63) is 181 Å². The number of hydrogen-bond acceptors (Lipinski definition) is 17. The smallest absolute Gasteiger partial charge is 0.485 e. The molecular formula is C69H78CeF9N14O9S3-3. The van der Waals surface area contributed by atoms with Gasteiger partial charge in [0.05, 0.1) is 105 Å². The first-order valence-electron chi connectivity index (χ1n) is 33.3. The molecule has 0 aliphatic rings. The van der Waals surface area contributed by atoms with Gasteiger partial charge in [0.15, 0.2) is 30.4 Å². The molecule has 12 aromatic rings. The molecule has 36 heteroatoms. The van der Waals surface area contributed by atoms with Gasteiger partial charge >= 0.3 is 16.5 Å². The van der Waals surface area contributed by atoms with E-state index in [2.05, 4.69) is 224 Å². The number of hydrogen-bond donors (Lipinski definition) is 0. The van der Waals surface area contributed by atoms with Gasteiger partial charge in [0.1, 0.15) is 34.9 Å². The second kappa shape index (κ2) is 36.9. The van der Waals surface area contributed by atoms with Crippen LogP contribution in [0.25, 0.3) is 66.2 Å². The molecule has 0 aliphatic heterocycles. The third-order valence-electron chi connectivity index (χ3n) is 16.1. The van der Waals surface area contributed by atoms with Crippen molar-refractivity contribution < 1.29 is 120 Å². The minimum atomic E-state index is -6.09. The van der Waals surface area contributed by atoms with Crippen molar-refractivity contribution in [1.29, 1.82) is 0 Å². The third kappa shape index (κ3) is 21.7. The maximum absolute atomic E-state index is 10.7. The standard InChI is InChI=1S/2C33H39N7.3CHF3O3S.Ce/c2*1-4-19-38-28-16-10-7-13-25(28)34-31(38)22-37(23-32-35-26-14-8-11-17-29(26)39(32)20-5-2)24-33-36-27-15-9-12-18-30(27)40(33)21-6-3;3*2-1(3,4)8(5,6)7;/h2*7-18H,4-6,19-24H2,1-3H3;3*(H,5,6,7);/p-3. The van der Waals surface area contributed by atoms with Crippen molar-refractivity contribution in [1.82, 2.24) is 67.1 Å². The number of fused-ring (bicyclic) bond motifs is 6. The molecule has 0 N–H and O–H groups in total. The third-order valence-corrected chi connectivity index (χ3v) is 17.8. The second-order valence-corrected chi connectivity index (χ2v) is 28.1. The van der Waals surface area contributed by atoms with Gasteiger partial charge in [-0.25, -0.2) is 55.2 Å². The van der Waals surface area contributed by atoms with Gasteiger partial charge in [-0.2, -0.15) is 39.5 Å². The number of nitrogens with zero attached hydrogens (tertiary/aromatic N) is 14. The van der Waals surface area contributed by atoms with Crippen molar-refractivity contribution in [2.24, 2.45) is 0 Å². The maximum Gasteiger partial charge on any atom is 0.485 e. The van der Waals surface area contributed by atoms with E-state index in [4.69, 9.17) is 68.8 Å². The monoisotopic (exact) mass is 1650 g/mol. The Balaban J connectivity index is 0.000000222. The Hall–Kier alpha value is -7.46. The van der Waals surface area contributed by atoms with Crippen LogP contribution in [0.15, 0.2) is 146 Å². The van der Waals surface area contributed by atoms with Crippen LogP contribution in [0.5, 0.6) is 0 Å². The number of alkyl halides is 9. The average molecular weight is 1650 g/mol. The van der Waals surface area contributed by atoms with Gasteiger partial charge in [-0.3, -0.25) is 9.80 Å². The van der Waals surface area contributed by atoms with Crippen LogP contribution in [-0.4, -0.2) is 123 Å². The fraction of sp³-hybridized carbons (Fsp3) is 0.391. The SMILES string of the molecule is CCCn1c(CN(Cc2nc3ccccc3n2CCC)Cc2nc3ccccc3n2CCC)nc2ccccc21.CCCn1c(CN(Cc2nc3ccccc3n2CCC)Cc2nc3ccccc3n2CCC)nc2ccccc21.O=S(=O)([O-])C(F)(F)F.O=S(=O)([O-])C(F)(F)F.O=S(=O)([O-])C(F)(F)F.[Ce]. The van der Waals surface area contributed by atoms with Gasteiger partial charge in [-0.05, 0) is 111 Å². The molecule has 0 aliphatic carbocycles. The summed E-state index contributed by atoms with van der Waals surface area (Å²) in [6, 6.07) is 51.0. The minimum absolute atomic E-state index is 0. The van der Waals surface area contributed by atoms with E-state index in [0.29, 0.717) is 0 Å². The Morgan fingerprint density at radius 2 is 0.410 bits per heavy atom. The fourth-order valence-corrected chi connectivity index (χ4v) is 11.9. The Morgan fingerprint density at radius 1 is 0.286 bits per heavy atom. The average Bonchev–Trinajstić information content (AvgIpc) is 1.64. The first-order chi connectivity index (χ1) is 49.1. The zero-order chi connectivity index (χ0) is 76.0. The van der Waals surface area contributed by atoms with Crippen molar-refractivity contribution >= 4 is 96.6 Å². The first-order valence-corrected chi connectivity index (χ1v) is 37.5. The molecule has 105 heavy (non-hydrogen) atoms. The number of aromatic nitrogens is 12. The predicted molar refractivity (Wildman–Crippen MR) is 373 cm³/mol. The Morgan fingerprint density at radius 3 is 0.524 bits per heavy atom. The summed E-state index contributed by atoms with van der Waals surface area (Å²) in [6.07, 6.45) is 6.37. The summed E-state index contributed by atoms with van der Waals surface area (Å²) in [5.74, 6) is 6.58. The van der Waals surface area contributed by atoms with Crippen molar-refractivity contribution in [3.8, 4) is 0 Å². The number of benzene rings is 6. The molecular weight excluding hydrogens is 1580 g/mol. The Labute approximate surface area is 634 Å². The van der Waals surface area contributed by atoms with Gasteiger partial charge in [-0.15, -0.1) is 0 Å². The van der Waals surface area contributed by atoms with E-state index in [9.17, 15) is 39.5 Å². The van der Waals surface area contributed by atoms with Gasteiger partial charge in [0, 0.05) is 81.0 Å². The molecule has 0 spiro atoms. The Bertz CT molecular complexity index is 4450. The number of halogens is 9. The zero-order valence-corrected chi connectivity index (χ0v) is 63.7. The molecule has 0 fully saturated rings. The predicted octanol–water partition coefficient (Wildman–Crippen LogP) is 14.5. The van der Waals surface area contributed by atoms with Crippen LogP contribution in [0.4, 0.5) is 39.5 Å². The normalized spacial score (nSPS) is 12.3. The molecule has 6 heterocycles. The van der Waals surface area contributed by atoms with Crippen LogP contribution in [0.1, 0.15) is 115 Å². The molecule has 12 rings (SSSR count). The largest absolute Gasteiger partial charge is 0.741 e. The van der Waals surface area contributed by atoms with Crippen molar-refractivity contribution in [2.45, 2.75) is 175 Å². The van der Waals surface area contributed by atoms with Crippen LogP contribution >= 0.6 is 0 Å². The van der Waals surface area contributed by atoms with E-state index in [1.165, 1.54) is 33.1 Å². The maximum atomic E-state index is 10.7. The zero-order valence-electron chi connectivity index (χ0n) is 58.1. The van der Waals surface area contributed by atoms with Crippen molar-refractivity contribution in [2.75, 3.05) is 0 Å². The number of rotatable bonds is 24. The number of aryl methyl sites for hydroxylation is 6. The molecule has 0 unspecified atom stereocenters. The van der Waals surface area contributed by atoms with Crippen LogP contribution in [0.2, 0.25) is 0 Å². The summed E-state index contributed by atoms with van der Waals surface area (Å²) in [4.78, 5) is 35.7. The summed E-state index contributed by atoms with van der Waals surface area (Å²) in [7, 11) is -18.3. The summed E-state index contributed by atoms with van der Waals surface area (Å²) < 4.78 is 191. The van der Waals surface area contributed by atoms with Crippen LogP contribution < -0.4 is 0 Å². The quantitative estimate of drug-likeness (QED) is 0.0308. The summed E-state index contributed by atoms with van der Waals surface area (Å²) in [5, 5.41) is 0. The van der Waals surface area contributed by atoms with E-state index in [0.717, 1.165) is 185 Å². The summed E-state index contributed by atoms with van der Waals surface area (Å²) in [5.41, 5.74) is -3.36. The Kier molecular flexibility index (Phi) is 29.8. The van der Waals surface area contributed by atoms with Gasteiger partial charge in [-0.1, -0.05) is 114 Å².